The van der Waals surface area contributed by atoms with Crippen LogP contribution >= 0.6 is 15.9 Å². The fourth-order valence-electron chi connectivity index (χ4n) is 3.61. The molecule has 0 atom stereocenters. The van der Waals surface area contributed by atoms with Crippen molar-refractivity contribution in [2.24, 2.45) is 0 Å². The van der Waals surface area contributed by atoms with Gasteiger partial charge in [0.2, 0.25) is 0 Å². The number of nitrogens with one attached hydrogen (secondary N) is 2. The second-order valence-corrected chi connectivity index (χ2v) is 8.58. The summed E-state index contributed by atoms with van der Waals surface area (Å²) in [6, 6.07) is 8.10. The third kappa shape index (κ3) is 8.06. The molecule has 2 N–H and O–H groups in total. The van der Waals surface area contributed by atoms with E-state index in [4.69, 9.17) is 0 Å². The van der Waals surface area contributed by atoms with Gasteiger partial charge in [-0.1, -0.05) is 63.9 Å². The average Bonchev–Trinajstić information content (AvgIpc) is 2.66. The number of hydrogen-bond acceptors (Lipinski definition) is 3. The van der Waals surface area contributed by atoms with Gasteiger partial charge in [-0.2, -0.15) is 5.26 Å². The molecule has 1 aromatic carbocycles. The third-order valence-electron chi connectivity index (χ3n) is 5.30. The van der Waals surface area contributed by atoms with Gasteiger partial charge in [-0.25, -0.2) is 0 Å². The van der Waals surface area contributed by atoms with Crippen molar-refractivity contribution in [3.05, 3.63) is 40.0 Å². The molecule has 1 aromatic rings. The smallest absolute Gasteiger partial charge is 0.263 e. The minimum atomic E-state index is -0.282. The highest BCUT2D eigenvalue weighted by Gasteiger charge is 2.16. The lowest BCUT2D eigenvalue weighted by atomic mass is 9.98. The largest absolute Gasteiger partial charge is 0.359 e. The number of carbonyl (C=O) groups is 1. The second-order valence-electron chi connectivity index (χ2n) is 7.73. The van der Waals surface area contributed by atoms with Crippen LogP contribution in [-0.2, 0) is 4.79 Å². The molecule has 0 bridgehead atoms. The molecule has 152 valence electrons. The average molecular weight is 446 g/mol. The maximum Gasteiger partial charge on any atom is 0.263 e. The van der Waals surface area contributed by atoms with Crippen LogP contribution in [-0.4, -0.2) is 11.9 Å². The Morgan fingerprint density at radius 1 is 1.07 bits per heavy atom. The Bertz CT molecular complexity index is 696. The number of aryl methyl sites for hydroxylation is 1. The predicted octanol–water partition coefficient (Wildman–Crippen LogP) is 6.37. The van der Waals surface area contributed by atoms with E-state index in [9.17, 15) is 10.1 Å². The fourth-order valence-corrected chi connectivity index (χ4v) is 4.21. The number of halogens is 1. The normalized spacial score (nSPS) is 17.7. The van der Waals surface area contributed by atoms with Crippen LogP contribution in [0.15, 0.2) is 34.4 Å². The van der Waals surface area contributed by atoms with Crippen LogP contribution in [0.3, 0.4) is 0 Å². The molecule has 1 aliphatic carbocycles. The van der Waals surface area contributed by atoms with E-state index in [1.807, 2.05) is 31.2 Å². The molecule has 2 rings (SSSR count). The first-order valence-electron chi connectivity index (χ1n) is 10.5. The van der Waals surface area contributed by atoms with Crippen molar-refractivity contribution >= 4 is 27.5 Å². The Morgan fingerprint density at radius 2 is 1.64 bits per heavy atom. The summed E-state index contributed by atoms with van der Waals surface area (Å²) in [5.41, 5.74) is 2.08. The molecule has 0 saturated heterocycles. The summed E-state index contributed by atoms with van der Waals surface area (Å²) in [6.07, 6.45) is 14.9. The molecule has 0 unspecified atom stereocenters. The fraction of sp³-hybridized carbons (Fsp3) is 0.565. The van der Waals surface area contributed by atoms with Gasteiger partial charge in [0.25, 0.3) is 5.91 Å². The molecule has 4 nitrogen and oxygen atoms in total. The molecule has 0 radical (unpaired) electrons. The van der Waals surface area contributed by atoms with E-state index in [2.05, 4.69) is 26.6 Å². The quantitative estimate of drug-likeness (QED) is 0.417. The summed E-state index contributed by atoms with van der Waals surface area (Å²) < 4.78 is 0.903. The highest BCUT2D eigenvalue weighted by Crippen LogP contribution is 2.23. The van der Waals surface area contributed by atoms with Gasteiger partial charge in [0.05, 0.1) is 5.69 Å². The van der Waals surface area contributed by atoms with Crippen molar-refractivity contribution in [2.45, 2.75) is 83.6 Å². The second kappa shape index (κ2) is 12.6. The maximum absolute atomic E-state index is 12.6. The van der Waals surface area contributed by atoms with Gasteiger partial charge in [0.1, 0.15) is 11.6 Å². The van der Waals surface area contributed by atoms with E-state index in [0.717, 1.165) is 41.4 Å². The Kier molecular flexibility index (Phi) is 10.1. The van der Waals surface area contributed by atoms with Gasteiger partial charge in [0, 0.05) is 16.7 Å². The van der Waals surface area contributed by atoms with Gasteiger partial charge in [-0.15, -0.1) is 0 Å². The lowest BCUT2D eigenvalue weighted by Gasteiger charge is -2.19. The molecular formula is C23H32BrN3O. The van der Waals surface area contributed by atoms with Crippen LogP contribution in [0.1, 0.15) is 76.2 Å². The van der Waals surface area contributed by atoms with E-state index in [-0.39, 0.29) is 17.5 Å². The van der Waals surface area contributed by atoms with Gasteiger partial charge in [-0.3, -0.25) is 4.79 Å². The monoisotopic (exact) mass is 445 g/mol. The van der Waals surface area contributed by atoms with Gasteiger partial charge < -0.3 is 10.6 Å². The number of hydrogen-bond donors (Lipinski definition) is 2. The summed E-state index contributed by atoms with van der Waals surface area (Å²) in [7, 11) is 0. The molecule has 1 aliphatic rings. The summed E-state index contributed by atoms with van der Waals surface area (Å²) in [4.78, 5) is 12.6. The summed E-state index contributed by atoms with van der Waals surface area (Å²) >= 11 is 3.50. The molecule has 28 heavy (non-hydrogen) atoms. The molecule has 0 aromatic heterocycles. The molecule has 0 aliphatic heterocycles. The van der Waals surface area contributed by atoms with Crippen LogP contribution in [0.25, 0.3) is 0 Å². The Labute approximate surface area is 177 Å². The number of rotatable bonds is 4. The number of nitriles is 1. The zero-order valence-electron chi connectivity index (χ0n) is 16.9. The van der Waals surface area contributed by atoms with E-state index in [1.54, 1.807) is 0 Å². The van der Waals surface area contributed by atoms with Crippen molar-refractivity contribution in [1.29, 1.82) is 5.26 Å². The van der Waals surface area contributed by atoms with Crippen LogP contribution in [0.5, 0.6) is 0 Å². The number of benzene rings is 1. The molecule has 1 amide bonds. The van der Waals surface area contributed by atoms with Crippen LogP contribution in [0, 0.1) is 18.3 Å². The lowest BCUT2D eigenvalue weighted by molar-refractivity contribution is -0.117. The minimum Gasteiger partial charge on any atom is -0.359 e. The predicted molar refractivity (Wildman–Crippen MR) is 119 cm³/mol. The van der Waals surface area contributed by atoms with Gasteiger partial charge >= 0.3 is 0 Å². The SMILES string of the molecule is Cc1ccc(N/C=C(/C#N)C(=O)NC2CCCCCCCCCCC2)c(Br)c1. The van der Waals surface area contributed by atoms with E-state index >= 15 is 0 Å². The highest BCUT2D eigenvalue weighted by molar-refractivity contribution is 9.10. The Hall–Kier alpha value is -1.80. The first kappa shape index (κ1) is 22.5. The van der Waals surface area contributed by atoms with Crippen molar-refractivity contribution in [3.8, 4) is 6.07 Å². The summed E-state index contributed by atoms with van der Waals surface area (Å²) in [5.74, 6) is -0.282. The standard InChI is InChI=1S/C23H32BrN3O/c1-18-13-14-22(21(24)15-18)26-17-19(16-25)23(28)27-20-11-9-7-5-3-2-4-6-8-10-12-20/h13-15,17,20,26H,2-12H2,1H3,(H,27,28)/b19-17-. The Morgan fingerprint density at radius 3 is 2.18 bits per heavy atom. The summed E-state index contributed by atoms with van der Waals surface area (Å²) in [5, 5.41) is 15.6. The number of carbonyl (C=O) groups excluding carboxylic acids is 1. The Balaban J connectivity index is 1.94. The van der Waals surface area contributed by atoms with Crippen molar-refractivity contribution in [3.63, 3.8) is 0 Å². The third-order valence-corrected chi connectivity index (χ3v) is 5.96. The van der Waals surface area contributed by atoms with Crippen molar-refractivity contribution in [2.75, 3.05) is 5.32 Å². The van der Waals surface area contributed by atoms with Gasteiger partial charge in [-0.05, 0) is 53.4 Å². The van der Waals surface area contributed by atoms with Gasteiger partial charge in [0.15, 0.2) is 0 Å². The van der Waals surface area contributed by atoms with Crippen molar-refractivity contribution in [1.82, 2.24) is 5.32 Å². The van der Waals surface area contributed by atoms with Crippen molar-refractivity contribution < 1.29 is 4.79 Å². The molecular weight excluding hydrogens is 414 g/mol. The zero-order valence-corrected chi connectivity index (χ0v) is 18.5. The summed E-state index contributed by atoms with van der Waals surface area (Å²) in [6.45, 7) is 2.02. The minimum absolute atomic E-state index is 0.110. The van der Waals surface area contributed by atoms with E-state index in [1.165, 1.54) is 51.1 Å². The van der Waals surface area contributed by atoms with Crippen LogP contribution in [0.4, 0.5) is 5.69 Å². The first-order valence-corrected chi connectivity index (χ1v) is 11.3. The number of nitrogens with zero attached hydrogens (tertiary/aromatic N) is 1. The maximum atomic E-state index is 12.6. The molecule has 1 saturated carbocycles. The molecule has 1 fully saturated rings. The van der Waals surface area contributed by atoms with Crippen LogP contribution in [0.2, 0.25) is 0 Å². The molecule has 0 spiro atoms. The van der Waals surface area contributed by atoms with Crippen LogP contribution < -0.4 is 10.6 Å². The lowest BCUT2D eigenvalue weighted by Crippen LogP contribution is -2.35. The molecule has 5 heteroatoms. The highest BCUT2D eigenvalue weighted by atomic mass is 79.9. The van der Waals surface area contributed by atoms with E-state index in [0.29, 0.717) is 0 Å². The molecule has 0 heterocycles. The zero-order chi connectivity index (χ0) is 20.2. The first-order chi connectivity index (χ1) is 13.6. The number of anilines is 1. The van der Waals surface area contributed by atoms with E-state index < -0.39 is 0 Å². The number of amides is 1. The topological polar surface area (TPSA) is 64.9 Å².